The van der Waals surface area contributed by atoms with Crippen LogP contribution in [-0.4, -0.2) is 52.3 Å². The van der Waals surface area contributed by atoms with E-state index in [4.69, 9.17) is 9.47 Å². The number of benzene rings is 2. The van der Waals surface area contributed by atoms with Crippen molar-refractivity contribution in [3.8, 4) is 11.5 Å². The predicted molar refractivity (Wildman–Crippen MR) is 110 cm³/mol. The van der Waals surface area contributed by atoms with Crippen LogP contribution in [0.25, 0.3) is 0 Å². The molecular formula is C22H30N3O3+. The number of ether oxygens (including phenoxy) is 2. The van der Waals surface area contributed by atoms with E-state index in [1.165, 1.54) is 4.90 Å². The summed E-state index contributed by atoms with van der Waals surface area (Å²) in [5.74, 6) is 1.81. The first kappa shape index (κ1) is 20.0. The highest BCUT2D eigenvalue weighted by Gasteiger charge is 2.29. The first-order chi connectivity index (χ1) is 13.6. The quantitative estimate of drug-likeness (QED) is 0.751. The lowest BCUT2D eigenvalue weighted by atomic mass is 10.1. The fourth-order valence-electron chi connectivity index (χ4n) is 3.63. The molecule has 0 radical (unpaired) electrons. The average Bonchev–Trinajstić information content (AvgIpc) is 2.77. The molecule has 0 saturated carbocycles. The van der Waals surface area contributed by atoms with E-state index >= 15 is 0 Å². The summed E-state index contributed by atoms with van der Waals surface area (Å²) in [6.07, 6.45) is 0. The largest absolute Gasteiger partial charge is 0.497 e. The Morgan fingerprint density at radius 3 is 2.39 bits per heavy atom. The van der Waals surface area contributed by atoms with Gasteiger partial charge < -0.3 is 24.6 Å². The number of hydrogen-bond acceptors (Lipinski definition) is 4. The van der Waals surface area contributed by atoms with Crippen molar-refractivity contribution < 1.29 is 19.2 Å². The van der Waals surface area contributed by atoms with Crippen molar-refractivity contribution in [1.82, 2.24) is 5.32 Å². The van der Waals surface area contributed by atoms with Crippen LogP contribution in [0.1, 0.15) is 12.5 Å². The van der Waals surface area contributed by atoms with Crippen molar-refractivity contribution in [3.63, 3.8) is 0 Å². The number of piperazine rings is 1. The molecule has 0 spiro atoms. The molecule has 1 atom stereocenters. The number of carbonyl (C=O) groups is 1. The molecule has 2 aromatic rings. The van der Waals surface area contributed by atoms with Gasteiger partial charge in [0, 0.05) is 6.54 Å². The SMILES string of the molecule is COc1ccc(CNC(=O)[C@@H](C)[NH+]2CCN(c3ccccc3OC)CC2)cc1. The molecule has 1 heterocycles. The Hall–Kier alpha value is -2.73. The first-order valence-corrected chi connectivity index (χ1v) is 9.75. The zero-order valence-electron chi connectivity index (χ0n) is 16.9. The van der Waals surface area contributed by atoms with E-state index in [2.05, 4.69) is 16.3 Å². The maximum absolute atomic E-state index is 12.6. The highest BCUT2D eigenvalue weighted by atomic mass is 16.5. The van der Waals surface area contributed by atoms with Gasteiger partial charge in [0.1, 0.15) is 11.5 Å². The average molecular weight is 385 g/mol. The van der Waals surface area contributed by atoms with E-state index in [0.29, 0.717) is 6.54 Å². The Morgan fingerprint density at radius 1 is 1.07 bits per heavy atom. The minimum atomic E-state index is -0.0712. The molecule has 0 aliphatic carbocycles. The number of hydrogen-bond donors (Lipinski definition) is 2. The van der Waals surface area contributed by atoms with Crippen LogP contribution in [0.5, 0.6) is 11.5 Å². The first-order valence-electron chi connectivity index (χ1n) is 9.75. The van der Waals surface area contributed by atoms with Gasteiger partial charge >= 0.3 is 0 Å². The van der Waals surface area contributed by atoms with Crippen LogP contribution in [0.15, 0.2) is 48.5 Å². The number of quaternary nitrogens is 1. The molecule has 28 heavy (non-hydrogen) atoms. The zero-order valence-corrected chi connectivity index (χ0v) is 16.9. The molecular weight excluding hydrogens is 354 g/mol. The topological polar surface area (TPSA) is 55.2 Å². The summed E-state index contributed by atoms with van der Waals surface area (Å²) in [5.41, 5.74) is 2.19. The molecule has 1 aliphatic heterocycles. The summed E-state index contributed by atoms with van der Waals surface area (Å²) in [5, 5.41) is 3.06. The minimum Gasteiger partial charge on any atom is -0.497 e. The van der Waals surface area contributed by atoms with E-state index in [1.54, 1.807) is 14.2 Å². The molecule has 1 fully saturated rings. The fourth-order valence-corrected chi connectivity index (χ4v) is 3.63. The maximum Gasteiger partial charge on any atom is 0.278 e. The lowest BCUT2D eigenvalue weighted by Crippen LogP contribution is -3.19. The second-order valence-electron chi connectivity index (χ2n) is 7.10. The summed E-state index contributed by atoms with van der Waals surface area (Å²) in [6.45, 7) is 6.22. The number of carbonyl (C=O) groups excluding carboxylic acids is 1. The van der Waals surface area contributed by atoms with Gasteiger partial charge in [-0.2, -0.15) is 0 Å². The van der Waals surface area contributed by atoms with Gasteiger partial charge in [-0.15, -0.1) is 0 Å². The van der Waals surface area contributed by atoms with Gasteiger partial charge in [-0.3, -0.25) is 4.79 Å². The molecule has 6 nitrogen and oxygen atoms in total. The van der Waals surface area contributed by atoms with Crippen molar-refractivity contribution in [1.29, 1.82) is 0 Å². The van der Waals surface area contributed by atoms with Crippen molar-refractivity contribution in [3.05, 3.63) is 54.1 Å². The van der Waals surface area contributed by atoms with Crippen LogP contribution in [0.3, 0.4) is 0 Å². The number of nitrogens with zero attached hydrogens (tertiary/aromatic N) is 1. The van der Waals surface area contributed by atoms with Crippen LogP contribution in [-0.2, 0) is 11.3 Å². The molecule has 2 aromatic carbocycles. The van der Waals surface area contributed by atoms with Crippen molar-refractivity contribution in [2.45, 2.75) is 19.5 Å². The van der Waals surface area contributed by atoms with Gasteiger partial charge in [-0.25, -0.2) is 0 Å². The van der Waals surface area contributed by atoms with Crippen LogP contribution in [0, 0.1) is 0 Å². The summed E-state index contributed by atoms with van der Waals surface area (Å²) in [4.78, 5) is 16.3. The molecule has 3 rings (SSSR count). The summed E-state index contributed by atoms with van der Waals surface area (Å²) in [7, 11) is 3.35. The lowest BCUT2D eigenvalue weighted by molar-refractivity contribution is -0.914. The number of para-hydroxylation sites is 2. The Balaban J connectivity index is 1.49. The van der Waals surface area contributed by atoms with Crippen LogP contribution >= 0.6 is 0 Å². The lowest BCUT2D eigenvalue weighted by Gasteiger charge is -2.36. The van der Waals surface area contributed by atoms with Gasteiger partial charge in [-0.05, 0) is 36.8 Å². The molecule has 0 aromatic heterocycles. The molecule has 1 saturated heterocycles. The molecule has 2 N–H and O–H groups in total. The number of amides is 1. The molecule has 1 amide bonds. The predicted octanol–water partition coefficient (Wildman–Crippen LogP) is 1.11. The zero-order chi connectivity index (χ0) is 19.9. The molecule has 6 heteroatoms. The van der Waals surface area contributed by atoms with Crippen molar-refractivity contribution in [2.75, 3.05) is 45.3 Å². The Bertz CT molecular complexity index is 771. The van der Waals surface area contributed by atoms with Gasteiger partial charge in [-0.1, -0.05) is 24.3 Å². The number of methoxy groups -OCH3 is 2. The van der Waals surface area contributed by atoms with Crippen LogP contribution in [0.2, 0.25) is 0 Å². The Kier molecular flexibility index (Phi) is 6.76. The van der Waals surface area contributed by atoms with Crippen LogP contribution < -0.4 is 24.6 Å². The third-order valence-corrected chi connectivity index (χ3v) is 5.46. The Morgan fingerprint density at radius 2 is 1.75 bits per heavy atom. The summed E-state index contributed by atoms with van der Waals surface area (Å²) < 4.78 is 10.6. The summed E-state index contributed by atoms with van der Waals surface area (Å²) in [6, 6.07) is 15.8. The van der Waals surface area contributed by atoms with Gasteiger partial charge in [0.15, 0.2) is 6.04 Å². The van der Waals surface area contributed by atoms with E-state index in [1.807, 2.05) is 49.4 Å². The highest BCUT2D eigenvalue weighted by molar-refractivity contribution is 5.79. The third-order valence-electron chi connectivity index (χ3n) is 5.46. The van der Waals surface area contributed by atoms with Gasteiger partial charge in [0.25, 0.3) is 5.91 Å². The summed E-state index contributed by atoms with van der Waals surface area (Å²) >= 11 is 0. The van der Waals surface area contributed by atoms with Gasteiger partial charge in [0.2, 0.25) is 0 Å². The van der Waals surface area contributed by atoms with E-state index in [-0.39, 0.29) is 11.9 Å². The maximum atomic E-state index is 12.6. The van der Waals surface area contributed by atoms with E-state index in [0.717, 1.165) is 48.9 Å². The smallest absolute Gasteiger partial charge is 0.278 e. The number of rotatable bonds is 7. The van der Waals surface area contributed by atoms with Crippen molar-refractivity contribution in [2.24, 2.45) is 0 Å². The minimum absolute atomic E-state index is 0.0712. The number of nitrogens with one attached hydrogen (secondary N) is 2. The monoisotopic (exact) mass is 384 g/mol. The fraction of sp³-hybridized carbons (Fsp3) is 0.409. The second-order valence-corrected chi connectivity index (χ2v) is 7.10. The molecule has 0 unspecified atom stereocenters. The molecule has 1 aliphatic rings. The highest BCUT2D eigenvalue weighted by Crippen LogP contribution is 2.27. The van der Waals surface area contributed by atoms with Crippen molar-refractivity contribution >= 4 is 11.6 Å². The molecule has 0 bridgehead atoms. The third kappa shape index (κ3) is 4.75. The van der Waals surface area contributed by atoms with E-state index in [9.17, 15) is 4.79 Å². The second kappa shape index (κ2) is 9.46. The standard InChI is InChI=1S/C22H29N3O3/c1-17(22(26)23-16-18-8-10-19(27-2)11-9-18)24-12-14-25(15-13-24)20-6-4-5-7-21(20)28-3/h4-11,17H,12-16H2,1-3H3,(H,23,26)/p+1/t17-/m1/s1. The van der Waals surface area contributed by atoms with E-state index < -0.39 is 0 Å². The van der Waals surface area contributed by atoms with Gasteiger partial charge in [0.05, 0.1) is 46.1 Å². The van der Waals surface area contributed by atoms with Crippen LogP contribution in [0.4, 0.5) is 5.69 Å². The molecule has 150 valence electrons. The number of anilines is 1. The Labute approximate surface area is 167 Å². The normalized spacial score (nSPS) is 15.8.